The summed E-state index contributed by atoms with van der Waals surface area (Å²) < 4.78 is 2.27. The number of pyridine rings is 1. The van der Waals surface area contributed by atoms with Crippen LogP contribution in [0.2, 0.25) is 0 Å². The molecule has 1 heterocycles. The normalized spacial score (nSPS) is 12.8. The van der Waals surface area contributed by atoms with Crippen molar-refractivity contribution in [2.24, 2.45) is 7.05 Å². The van der Waals surface area contributed by atoms with Gasteiger partial charge in [-0.25, -0.2) is 4.57 Å². The van der Waals surface area contributed by atoms with Crippen LogP contribution in [0.3, 0.4) is 0 Å². The van der Waals surface area contributed by atoms with E-state index >= 15 is 0 Å². The molecule has 1 aromatic heterocycles. The van der Waals surface area contributed by atoms with E-state index in [9.17, 15) is 0 Å². The first-order valence-electron chi connectivity index (χ1n) is 10.9. The molecule has 1 heteroatoms. The number of benzene rings is 4. The van der Waals surface area contributed by atoms with Crippen molar-refractivity contribution in [2.75, 3.05) is 0 Å². The van der Waals surface area contributed by atoms with Gasteiger partial charge in [0, 0.05) is 17.7 Å². The predicted molar refractivity (Wildman–Crippen MR) is 127 cm³/mol. The van der Waals surface area contributed by atoms with E-state index in [1.165, 1.54) is 65.8 Å². The van der Waals surface area contributed by atoms with Crippen LogP contribution in [0.1, 0.15) is 42.0 Å². The number of aromatic nitrogens is 1. The molecule has 0 amide bonds. The molecule has 5 aromatic rings. The minimum atomic E-state index is 0.519. The Morgan fingerprint density at radius 1 is 0.800 bits per heavy atom. The third-order valence-corrected chi connectivity index (χ3v) is 7.11. The quantitative estimate of drug-likeness (QED) is 0.223. The Hall–Kier alpha value is -3.19. The van der Waals surface area contributed by atoms with E-state index in [1.54, 1.807) is 0 Å². The van der Waals surface area contributed by atoms with Crippen molar-refractivity contribution in [1.29, 1.82) is 0 Å². The minimum Gasteiger partial charge on any atom is -0.201 e. The minimum absolute atomic E-state index is 0.519. The molecule has 0 fully saturated rings. The van der Waals surface area contributed by atoms with Crippen molar-refractivity contribution in [2.45, 2.75) is 33.1 Å². The van der Waals surface area contributed by atoms with Crippen molar-refractivity contribution in [3.05, 3.63) is 89.1 Å². The van der Waals surface area contributed by atoms with Crippen LogP contribution in [-0.2, 0) is 13.5 Å². The second kappa shape index (κ2) is 6.15. The third-order valence-electron chi connectivity index (χ3n) is 7.11. The maximum Gasteiger partial charge on any atom is 0.212 e. The molecule has 30 heavy (non-hydrogen) atoms. The van der Waals surface area contributed by atoms with Crippen LogP contribution in [-0.4, -0.2) is 0 Å². The van der Waals surface area contributed by atoms with Crippen LogP contribution in [0.5, 0.6) is 0 Å². The van der Waals surface area contributed by atoms with Gasteiger partial charge in [-0.3, -0.25) is 0 Å². The number of hydrogen-bond donors (Lipinski definition) is 0. The van der Waals surface area contributed by atoms with E-state index in [-0.39, 0.29) is 0 Å². The summed E-state index contributed by atoms with van der Waals surface area (Å²) in [6.07, 6.45) is 3.25. The number of rotatable bonds is 2. The molecule has 0 radical (unpaired) electrons. The van der Waals surface area contributed by atoms with Gasteiger partial charge in [-0.2, -0.15) is 0 Å². The molecule has 0 atom stereocenters. The highest BCUT2D eigenvalue weighted by Crippen LogP contribution is 2.46. The first kappa shape index (κ1) is 17.7. The fourth-order valence-corrected chi connectivity index (χ4v) is 5.45. The molecule has 1 nitrogen and oxygen atoms in total. The van der Waals surface area contributed by atoms with E-state index in [0.717, 1.165) is 6.42 Å². The average Bonchev–Trinajstić information content (AvgIpc) is 3.15. The molecular formula is C29H26N+. The number of hydrogen-bond acceptors (Lipinski definition) is 0. The van der Waals surface area contributed by atoms with Crippen molar-refractivity contribution in [3.63, 3.8) is 0 Å². The van der Waals surface area contributed by atoms with Gasteiger partial charge in [0.05, 0.1) is 0 Å². The Bertz CT molecular complexity index is 1500. The fraction of sp³-hybridized carbons (Fsp3) is 0.207. The van der Waals surface area contributed by atoms with Gasteiger partial charge in [0.25, 0.3) is 0 Å². The highest BCUT2D eigenvalue weighted by Gasteiger charge is 2.25. The maximum absolute atomic E-state index is 2.46. The lowest BCUT2D eigenvalue weighted by atomic mass is 9.89. The molecule has 6 rings (SSSR count). The van der Waals surface area contributed by atoms with Gasteiger partial charge in [-0.1, -0.05) is 56.3 Å². The van der Waals surface area contributed by atoms with Gasteiger partial charge in [-0.15, -0.1) is 0 Å². The molecule has 0 saturated heterocycles. The lowest BCUT2D eigenvalue weighted by Gasteiger charge is -2.15. The first-order chi connectivity index (χ1) is 14.5. The molecule has 1 aliphatic rings. The molecule has 0 saturated carbocycles. The Morgan fingerprint density at radius 3 is 2.30 bits per heavy atom. The van der Waals surface area contributed by atoms with Crippen LogP contribution in [0.4, 0.5) is 0 Å². The van der Waals surface area contributed by atoms with Gasteiger partial charge in [0.1, 0.15) is 7.05 Å². The molecule has 0 bridgehead atoms. The summed E-state index contributed by atoms with van der Waals surface area (Å²) in [6, 6.07) is 22.8. The van der Waals surface area contributed by atoms with Crippen LogP contribution < -0.4 is 4.57 Å². The van der Waals surface area contributed by atoms with Crippen molar-refractivity contribution < 1.29 is 4.57 Å². The van der Waals surface area contributed by atoms with E-state index in [1.807, 2.05) is 0 Å². The van der Waals surface area contributed by atoms with Crippen molar-refractivity contribution in [3.8, 4) is 11.3 Å². The molecule has 4 aromatic carbocycles. The third kappa shape index (κ3) is 2.26. The zero-order valence-corrected chi connectivity index (χ0v) is 18.1. The molecular weight excluding hydrogens is 362 g/mol. The van der Waals surface area contributed by atoms with Crippen LogP contribution >= 0.6 is 0 Å². The Labute approximate surface area is 177 Å². The fourth-order valence-electron chi connectivity index (χ4n) is 5.45. The largest absolute Gasteiger partial charge is 0.212 e. The number of fused-ring (bicyclic) bond motifs is 3. The van der Waals surface area contributed by atoms with Gasteiger partial charge in [0.2, 0.25) is 5.69 Å². The summed E-state index contributed by atoms with van der Waals surface area (Å²) in [5.74, 6) is 0.519. The number of nitrogens with zero attached hydrogens (tertiary/aromatic N) is 1. The maximum atomic E-state index is 2.46. The molecule has 146 valence electrons. The van der Waals surface area contributed by atoms with Gasteiger partial charge in [0.15, 0.2) is 6.20 Å². The zero-order chi connectivity index (χ0) is 20.6. The molecule has 0 spiro atoms. The highest BCUT2D eigenvalue weighted by molar-refractivity contribution is 6.29. The van der Waals surface area contributed by atoms with Crippen LogP contribution in [0.25, 0.3) is 43.6 Å². The van der Waals surface area contributed by atoms with Crippen LogP contribution in [0.15, 0.2) is 66.9 Å². The Kier molecular flexibility index (Phi) is 3.62. The summed E-state index contributed by atoms with van der Waals surface area (Å²) in [6.45, 7) is 6.86. The zero-order valence-electron chi connectivity index (χ0n) is 18.1. The summed E-state index contributed by atoms with van der Waals surface area (Å²) >= 11 is 0. The lowest BCUT2D eigenvalue weighted by Crippen LogP contribution is -2.31. The average molecular weight is 389 g/mol. The smallest absolute Gasteiger partial charge is 0.201 e. The number of aryl methyl sites for hydroxylation is 1. The van der Waals surface area contributed by atoms with Gasteiger partial charge < -0.3 is 0 Å². The standard InChI is InChI=1S/C29H26N/c1-17(2)19-12-13-30(4)27(15-19)24-16-26-22-10-6-5-9-21(22)23-11-7-8-20-14-25(18(24)3)29(26)28(20)23/h5-13,15-17H,14H2,1-4H3/q+1. The molecule has 0 unspecified atom stereocenters. The second-order valence-corrected chi connectivity index (χ2v) is 9.12. The van der Waals surface area contributed by atoms with E-state index in [2.05, 4.69) is 99.2 Å². The topological polar surface area (TPSA) is 3.88 Å². The highest BCUT2D eigenvalue weighted by atomic mass is 14.9. The van der Waals surface area contributed by atoms with E-state index in [0.29, 0.717) is 5.92 Å². The van der Waals surface area contributed by atoms with Crippen LogP contribution in [0, 0.1) is 6.92 Å². The van der Waals surface area contributed by atoms with Crippen molar-refractivity contribution in [1.82, 2.24) is 0 Å². The summed E-state index contributed by atoms with van der Waals surface area (Å²) in [4.78, 5) is 0. The van der Waals surface area contributed by atoms with Gasteiger partial charge in [-0.05, 0) is 79.9 Å². The SMILES string of the molecule is Cc1c(-c2cc(C(C)C)cc[n+]2C)cc2c3ccccc3c3cccc4c3c2c1C4. The Morgan fingerprint density at radius 2 is 1.53 bits per heavy atom. The second-order valence-electron chi connectivity index (χ2n) is 9.12. The molecule has 1 aliphatic carbocycles. The van der Waals surface area contributed by atoms with Crippen molar-refractivity contribution >= 4 is 32.3 Å². The summed E-state index contributed by atoms with van der Waals surface area (Å²) in [5.41, 5.74) is 8.46. The predicted octanol–water partition coefficient (Wildman–Crippen LogP) is 6.97. The monoisotopic (exact) mass is 388 g/mol. The van der Waals surface area contributed by atoms with E-state index in [4.69, 9.17) is 0 Å². The van der Waals surface area contributed by atoms with E-state index < -0.39 is 0 Å². The van der Waals surface area contributed by atoms with Gasteiger partial charge >= 0.3 is 0 Å². The molecule has 0 aliphatic heterocycles. The summed E-state index contributed by atoms with van der Waals surface area (Å²) in [5, 5.41) is 8.47. The first-order valence-corrected chi connectivity index (χ1v) is 10.9. The Balaban J connectivity index is 1.80. The lowest BCUT2D eigenvalue weighted by molar-refractivity contribution is -0.660. The summed E-state index contributed by atoms with van der Waals surface area (Å²) in [7, 11) is 2.17. The molecule has 0 N–H and O–H groups in total.